The van der Waals surface area contributed by atoms with Crippen LogP contribution in [0.15, 0.2) is 70.0 Å². The Kier molecular flexibility index (Phi) is 8.57. The van der Waals surface area contributed by atoms with Gasteiger partial charge >= 0.3 is 0 Å². The lowest BCUT2D eigenvalue weighted by atomic mass is 9.96. The first kappa shape index (κ1) is 26.4. The quantitative estimate of drug-likeness (QED) is 0.360. The van der Waals surface area contributed by atoms with E-state index in [-0.39, 0.29) is 29.9 Å². The molecule has 0 saturated carbocycles. The Hall–Kier alpha value is -2.19. The van der Waals surface area contributed by atoms with Crippen molar-refractivity contribution in [1.82, 2.24) is 9.62 Å². The zero-order valence-electron chi connectivity index (χ0n) is 19.6. The third-order valence-corrected chi connectivity index (χ3v) is 8.36. The highest BCUT2D eigenvalue weighted by Crippen LogP contribution is 2.23. The second-order valence-electron chi connectivity index (χ2n) is 8.44. The molecule has 3 aromatic carbocycles. The minimum Gasteiger partial charge on any atom is -0.348 e. The van der Waals surface area contributed by atoms with E-state index in [0.717, 1.165) is 26.7 Å². The van der Waals surface area contributed by atoms with Crippen LogP contribution in [-0.4, -0.2) is 25.2 Å². The Morgan fingerprint density at radius 2 is 1.56 bits per heavy atom. The molecular weight excluding hydrogens is 536 g/mol. The molecule has 1 atom stereocenters. The van der Waals surface area contributed by atoms with Gasteiger partial charge in [-0.25, -0.2) is 8.42 Å². The number of nitrogens with zero attached hydrogens (tertiary/aromatic N) is 1. The summed E-state index contributed by atoms with van der Waals surface area (Å²) in [6.07, 6.45) is 0. The van der Waals surface area contributed by atoms with Crippen molar-refractivity contribution in [2.24, 2.45) is 0 Å². The maximum atomic E-state index is 13.4. The fourth-order valence-electron chi connectivity index (χ4n) is 3.75. The van der Waals surface area contributed by atoms with Gasteiger partial charge < -0.3 is 5.32 Å². The summed E-state index contributed by atoms with van der Waals surface area (Å²) in [5.74, 6) is -0.375. The van der Waals surface area contributed by atoms with Crippen LogP contribution in [0.2, 0.25) is 5.02 Å². The van der Waals surface area contributed by atoms with Gasteiger partial charge in [-0.15, -0.1) is 0 Å². The third kappa shape index (κ3) is 6.48. The molecule has 3 rings (SSSR count). The van der Waals surface area contributed by atoms with Crippen LogP contribution in [0, 0.1) is 20.8 Å². The van der Waals surface area contributed by atoms with E-state index in [9.17, 15) is 13.2 Å². The molecule has 0 bridgehead atoms. The molecule has 0 fully saturated rings. The van der Waals surface area contributed by atoms with Crippen LogP contribution >= 0.6 is 27.5 Å². The first-order valence-corrected chi connectivity index (χ1v) is 13.5. The van der Waals surface area contributed by atoms with Gasteiger partial charge in [-0.3, -0.25) is 4.79 Å². The number of carbonyl (C=O) groups excluding carboxylic acids is 1. The molecule has 0 aromatic heterocycles. The largest absolute Gasteiger partial charge is 0.348 e. The molecule has 3 aromatic rings. The van der Waals surface area contributed by atoms with E-state index in [1.54, 1.807) is 36.4 Å². The van der Waals surface area contributed by atoms with E-state index in [1.165, 1.54) is 22.0 Å². The van der Waals surface area contributed by atoms with E-state index < -0.39 is 10.0 Å². The lowest BCUT2D eigenvalue weighted by molar-refractivity contribution is -0.122. The Bertz CT molecular complexity index is 1280. The maximum absolute atomic E-state index is 13.4. The Labute approximate surface area is 215 Å². The van der Waals surface area contributed by atoms with E-state index >= 15 is 0 Å². The Morgan fingerprint density at radius 3 is 2.18 bits per heavy atom. The van der Waals surface area contributed by atoms with Gasteiger partial charge in [-0.2, -0.15) is 4.31 Å². The van der Waals surface area contributed by atoms with Crippen LogP contribution in [-0.2, 0) is 21.4 Å². The molecule has 0 unspecified atom stereocenters. The molecule has 1 amide bonds. The molecule has 0 spiro atoms. The number of aryl methyl sites for hydroxylation is 3. The molecule has 0 heterocycles. The second kappa shape index (κ2) is 11.0. The highest BCUT2D eigenvalue weighted by atomic mass is 79.9. The number of halogens is 2. The normalized spacial score (nSPS) is 12.6. The lowest BCUT2D eigenvalue weighted by Crippen LogP contribution is -2.41. The molecule has 0 aliphatic heterocycles. The predicted octanol–water partition coefficient (Wildman–Crippen LogP) is 6.10. The highest BCUT2D eigenvalue weighted by Gasteiger charge is 2.27. The van der Waals surface area contributed by atoms with Crippen molar-refractivity contribution < 1.29 is 13.2 Å². The number of rotatable bonds is 8. The van der Waals surface area contributed by atoms with Crippen molar-refractivity contribution in [3.05, 3.63) is 98.0 Å². The van der Waals surface area contributed by atoms with E-state index in [1.807, 2.05) is 20.8 Å². The van der Waals surface area contributed by atoms with Crippen LogP contribution in [0.5, 0.6) is 0 Å². The number of sulfonamides is 1. The minimum atomic E-state index is -3.92. The number of nitrogens with one attached hydrogen (secondary N) is 1. The second-order valence-corrected chi connectivity index (χ2v) is 11.7. The van der Waals surface area contributed by atoms with Crippen molar-refractivity contribution in [1.29, 1.82) is 0 Å². The van der Waals surface area contributed by atoms with Gasteiger partial charge in [0, 0.05) is 16.0 Å². The summed E-state index contributed by atoms with van der Waals surface area (Å²) in [5.41, 5.74) is 5.15. The van der Waals surface area contributed by atoms with Gasteiger partial charge in [0.25, 0.3) is 0 Å². The number of hydrogen-bond donors (Lipinski definition) is 1. The first-order chi connectivity index (χ1) is 16.0. The summed E-state index contributed by atoms with van der Waals surface area (Å²) in [4.78, 5) is 13.2. The summed E-state index contributed by atoms with van der Waals surface area (Å²) < 4.78 is 28.9. The van der Waals surface area contributed by atoms with Crippen molar-refractivity contribution in [2.45, 2.75) is 45.2 Å². The summed E-state index contributed by atoms with van der Waals surface area (Å²) >= 11 is 9.31. The topological polar surface area (TPSA) is 66.5 Å². The number of amides is 1. The highest BCUT2D eigenvalue weighted by molar-refractivity contribution is 9.10. The number of benzene rings is 3. The van der Waals surface area contributed by atoms with E-state index in [2.05, 4.69) is 40.3 Å². The molecule has 34 heavy (non-hydrogen) atoms. The molecule has 180 valence electrons. The smallest absolute Gasteiger partial charge is 0.243 e. The van der Waals surface area contributed by atoms with Crippen LogP contribution in [0.3, 0.4) is 0 Å². The number of carbonyl (C=O) groups is 1. The Balaban J connectivity index is 1.85. The molecule has 5 nitrogen and oxygen atoms in total. The molecule has 0 radical (unpaired) electrons. The van der Waals surface area contributed by atoms with Crippen LogP contribution in [0.4, 0.5) is 0 Å². The van der Waals surface area contributed by atoms with E-state index in [4.69, 9.17) is 11.6 Å². The zero-order chi connectivity index (χ0) is 25.0. The van der Waals surface area contributed by atoms with Crippen molar-refractivity contribution in [3.8, 4) is 0 Å². The summed E-state index contributed by atoms with van der Waals surface area (Å²) in [7, 11) is -3.92. The van der Waals surface area contributed by atoms with Crippen molar-refractivity contribution in [2.75, 3.05) is 6.54 Å². The average Bonchev–Trinajstić information content (AvgIpc) is 2.77. The van der Waals surface area contributed by atoms with Crippen molar-refractivity contribution in [3.63, 3.8) is 0 Å². The molecule has 0 saturated heterocycles. The van der Waals surface area contributed by atoms with Gasteiger partial charge in [0.15, 0.2) is 0 Å². The number of hydrogen-bond acceptors (Lipinski definition) is 3. The zero-order valence-corrected chi connectivity index (χ0v) is 22.8. The van der Waals surface area contributed by atoms with E-state index in [0.29, 0.717) is 5.02 Å². The van der Waals surface area contributed by atoms with Crippen LogP contribution in [0.25, 0.3) is 0 Å². The van der Waals surface area contributed by atoms with Gasteiger partial charge in [-0.05, 0) is 91.9 Å². The molecule has 1 N–H and O–H groups in total. The first-order valence-electron chi connectivity index (χ1n) is 10.8. The average molecular weight is 564 g/mol. The predicted molar refractivity (Wildman–Crippen MR) is 140 cm³/mol. The fraction of sp³-hybridized carbons (Fsp3) is 0.269. The lowest BCUT2D eigenvalue weighted by Gasteiger charge is -2.24. The van der Waals surface area contributed by atoms with Crippen LogP contribution < -0.4 is 5.32 Å². The standard InChI is InChI=1S/C26H28BrClN2O3S/c1-17-13-19(3)25(14-18(17)2)20(4)29-26(31)16-30(15-21-5-9-23(28)10-6-21)34(32,33)24-11-7-22(27)8-12-24/h5-14,20H,15-16H2,1-4H3,(H,29,31)/t20-/m0/s1. The SMILES string of the molecule is Cc1cc(C)c([C@H](C)NC(=O)CN(Cc2ccc(Cl)cc2)S(=O)(=O)c2ccc(Br)cc2)cc1C. The van der Waals surface area contributed by atoms with Gasteiger partial charge in [0.2, 0.25) is 15.9 Å². The Morgan fingerprint density at radius 1 is 0.971 bits per heavy atom. The fourth-order valence-corrected chi connectivity index (χ4v) is 5.52. The third-order valence-electron chi connectivity index (χ3n) is 5.77. The van der Waals surface area contributed by atoms with Crippen LogP contribution in [0.1, 0.15) is 40.8 Å². The van der Waals surface area contributed by atoms with Crippen molar-refractivity contribution >= 4 is 43.5 Å². The molecule has 8 heteroatoms. The monoisotopic (exact) mass is 562 g/mol. The molecule has 0 aliphatic carbocycles. The van der Waals surface area contributed by atoms with Gasteiger partial charge in [0.1, 0.15) is 0 Å². The summed E-state index contributed by atoms with van der Waals surface area (Å²) in [5, 5.41) is 3.52. The molecular formula is C26H28BrClN2O3S. The maximum Gasteiger partial charge on any atom is 0.243 e. The van der Waals surface area contributed by atoms with Gasteiger partial charge in [-0.1, -0.05) is 51.8 Å². The molecule has 0 aliphatic rings. The van der Waals surface area contributed by atoms with Gasteiger partial charge in [0.05, 0.1) is 17.5 Å². The summed E-state index contributed by atoms with van der Waals surface area (Å²) in [6, 6.07) is 17.2. The minimum absolute atomic E-state index is 0.0417. The summed E-state index contributed by atoms with van der Waals surface area (Å²) in [6.45, 7) is 7.73.